The van der Waals surface area contributed by atoms with Crippen molar-refractivity contribution in [3.8, 4) is 0 Å². The monoisotopic (exact) mass is 221 g/mol. The molecule has 0 atom stereocenters. The molecule has 1 aromatic heterocycles. The standard InChI is InChI=1S/C7H6F3N3O2/c8-7(9,10)6(15)13-12-5(14)4-2-1-3-11-4/h1-3,11H,(H,12,14)(H,13,15). The predicted octanol–water partition coefficient (Wildman–Crippen LogP) is 0.338. The number of hydrogen-bond acceptors (Lipinski definition) is 2. The molecule has 0 spiro atoms. The van der Waals surface area contributed by atoms with Gasteiger partial charge < -0.3 is 4.98 Å². The van der Waals surface area contributed by atoms with Crippen molar-refractivity contribution in [1.29, 1.82) is 0 Å². The van der Waals surface area contributed by atoms with E-state index in [9.17, 15) is 22.8 Å². The fourth-order valence-electron chi connectivity index (χ4n) is 0.723. The predicted molar refractivity (Wildman–Crippen MR) is 42.5 cm³/mol. The minimum Gasteiger partial charge on any atom is -0.357 e. The zero-order chi connectivity index (χ0) is 11.5. The van der Waals surface area contributed by atoms with E-state index in [0.29, 0.717) is 0 Å². The first kappa shape index (κ1) is 11.1. The maximum Gasteiger partial charge on any atom is 0.472 e. The van der Waals surface area contributed by atoms with Crippen LogP contribution in [0.15, 0.2) is 18.3 Å². The molecule has 3 N–H and O–H groups in total. The number of aromatic amines is 1. The fourth-order valence-corrected chi connectivity index (χ4v) is 0.723. The van der Waals surface area contributed by atoms with Gasteiger partial charge in [-0.3, -0.25) is 20.4 Å². The smallest absolute Gasteiger partial charge is 0.357 e. The second kappa shape index (κ2) is 4.03. The number of carbonyl (C=O) groups excluding carboxylic acids is 2. The molecule has 1 aromatic rings. The van der Waals surface area contributed by atoms with E-state index in [4.69, 9.17) is 0 Å². The second-order valence-electron chi connectivity index (χ2n) is 2.49. The molecule has 0 radical (unpaired) electrons. The summed E-state index contributed by atoms with van der Waals surface area (Å²) in [5, 5.41) is 0. The molecule has 0 aliphatic carbocycles. The number of alkyl halides is 3. The first-order valence-corrected chi connectivity index (χ1v) is 3.72. The summed E-state index contributed by atoms with van der Waals surface area (Å²) in [7, 11) is 0. The maximum absolute atomic E-state index is 11.7. The third kappa shape index (κ3) is 3.01. The Morgan fingerprint density at radius 2 is 1.93 bits per heavy atom. The number of amides is 2. The number of hydrazine groups is 1. The number of hydrogen-bond donors (Lipinski definition) is 3. The van der Waals surface area contributed by atoms with Crippen LogP contribution in [0.2, 0.25) is 0 Å². The van der Waals surface area contributed by atoms with E-state index in [1.54, 1.807) is 5.43 Å². The second-order valence-corrected chi connectivity index (χ2v) is 2.49. The zero-order valence-electron chi connectivity index (χ0n) is 7.18. The van der Waals surface area contributed by atoms with Crippen molar-refractivity contribution in [2.75, 3.05) is 0 Å². The van der Waals surface area contributed by atoms with Crippen molar-refractivity contribution in [3.05, 3.63) is 24.0 Å². The van der Waals surface area contributed by atoms with Crippen molar-refractivity contribution >= 4 is 11.8 Å². The van der Waals surface area contributed by atoms with Crippen molar-refractivity contribution in [2.45, 2.75) is 6.18 Å². The topological polar surface area (TPSA) is 74.0 Å². The molecular formula is C7H6F3N3O2. The lowest BCUT2D eigenvalue weighted by Gasteiger charge is -2.08. The van der Waals surface area contributed by atoms with E-state index < -0.39 is 18.0 Å². The van der Waals surface area contributed by atoms with Gasteiger partial charge >= 0.3 is 12.1 Å². The average molecular weight is 221 g/mol. The molecule has 0 aliphatic heterocycles. The Labute approximate surface area is 81.6 Å². The molecule has 0 saturated carbocycles. The third-order valence-corrected chi connectivity index (χ3v) is 1.39. The normalized spacial score (nSPS) is 10.9. The van der Waals surface area contributed by atoms with Gasteiger partial charge in [0.05, 0.1) is 0 Å². The largest absolute Gasteiger partial charge is 0.472 e. The van der Waals surface area contributed by atoms with Gasteiger partial charge in [-0.2, -0.15) is 13.2 Å². The van der Waals surface area contributed by atoms with E-state index >= 15 is 0 Å². The highest BCUT2D eigenvalue weighted by molar-refractivity contribution is 5.94. The Kier molecular flexibility index (Phi) is 2.98. The van der Waals surface area contributed by atoms with Gasteiger partial charge in [-0.05, 0) is 12.1 Å². The van der Waals surface area contributed by atoms with Crippen LogP contribution in [0.25, 0.3) is 0 Å². The Morgan fingerprint density at radius 1 is 1.27 bits per heavy atom. The fraction of sp³-hybridized carbons (Fsp3) is 0.143. The minimum absolute atomic E-state index is 0.0393. The van der Waals surface area contributed by atoms with E-state index in [1.165, 1.54) is 23.8 Å². The number of carbonyl (C=O) groups is 2. The number of H-pyrrole nitrogens is 1. The molecule has 1 heterocycles. The van der Waals surface area contributed by atoms with Crippen LogP contribution in [0, 0.1) is 0 Å². The summed E-state index contributed by atoms with van der Waals surface area (Å²) in [6.45, 7) is 0. The summed E-state index contributed by atoms with van der Waals surface area (Å²) in [6, 6.07) is 2.83. The van der Waals surface area contributed by atoms with Crippen LogP contribution in [0.3, 0.4) is 0 Å². The first-order chi connectivity index (χ1) is 6.91. The Bertz CT molecular complexity index is 358. The summed E-state index contributed by atoms with van der Waals surface area (Å²) in [5.41, 5.74) is 2.87. The van der Waals surface area contributed by atoms with Crippen LogP contribution >= 0.6 is 0 Å². The lowest BCUT2D eigenvalue weighted by atomic mass is 10.4. The van der Waals surface area contributed by atoms with E-state index in [0.717, 1.165) is 0 Å². The molecule has 8 heteroatoms. The summed E-state index contributed by atoms with van der Waals surface area (Å²) in [6.07, 6.45) is -3.61. The summed E-state index contributed by atoms with van der Waals surface area (Å²) in [4.78, 5) is 23.7. The molecule has 0 bridgehead atoms. The SMILES string of the molecule is O=C(NNC(=O)C(F)(F)F)c1ccc[nH]1. The molecule has 2 amide bonds. The lowest BCUT2D eigenvalue weighted by Crippen LogP contribution is -2.47. The molecule has 0 aromatic carbocycles. The lowest BCUT2D eigenvalue weighted by molar-refractivity contribution is -0.174. The van der Waals surface area contributed by atoms with Crippen LogP contribution < -0.4 is 10.9 Å². The van der Waals surface area contributed by atoms with Gasteiger partial charge in [0, 0.05) is 6.20 Å². The van der Waals surface area contributed by atoms with Gasteiger partial charge in [0.25, 0.3) is 5.91 Å². The van der Waals surface area contributed by atoms with Crippen molar-refractivity contribution in [2.24, 2.45) is 0 Å². The van der Waals surface area contributed by atoms with Crippen LogP contribution in [0.4, 0.5) is 13.2 Å². The molecular weight excluding hydrogens is 215 g/mol. The Hall–Kier alpha value is -1.99. The van der Waals surface area contributed by atoms with Gasteiger partial charge in [-0.15, -0.1) is 0 Å². The minimum atomic E-state index is -5.02. The third-order valence-electron chi connectivity index (χ3n) is 1.39. The number of rotatable bonds is 1. The Morgan fingerprint density at radius 3 is 2.40 bits per heavy atom. The van der Waals surface area contributed by atoms with Crippen molar-refractivity contribution in [3.63, 3.8) is 0 Å². The van der Waals surface area contributed by atoms with E-state index in [-0.39, 0.29) is 5.69 Å². The molecule has 0 fully saturated rings. The molecule has 15 heavy (non-hydrogen) atoms. The van der Waals surface area contributed by atoms with Gasteiger partial charge in [-0.25, -0.2) is 0 Å². The van der Waals surface area contributed by atoms with Crippen LogP contribution in [-0.4, -0.2) is 23.0 Å². The van der Waals surface area contributed by atoms with Crippen molar-refractivity contribution in [1.82, 2.24) is 15.8 Å². The summed E-state index contributed by atoms with van der Waals surface area (Å²) < 4.78 is 35.0. The van der Waals surface area contributed by atoms with Crippen LogP contribution in [-0.2, 0) is 4.79 Å². The zero-order valence-corrected chi connectivity index (χ0v) is 7.18. The molecule has 0 unspecified atom stereocenters. The highest BCUT2D eigenvalue weighted by Crippen LogP contribution is 2.13. The summed E-state index contributed by atoms with van der Waals surface area (Å²) >= 11 is 0. The number of halogens is 3. The highest BCUT2D eigenvalue weighted by Gasteiger charge is 2.38. The van der Waals surface area contributed by atoms with Gasteiger partial charge in [0.2, 0.25) is 0 Å². The summed E-state index contributed by atoms with van der Waals surface area (Å²) in [5.74, 6) is -3.10. The van der Waals surface area contributed by atoms with E-state index in [1.807, 2.05) is 0 Å². The van der Waals surface area contributed by atoms with Crippen molar-refractivity contribution < 1.29 is 22.8 Å². The maximum atomic E-state index is 11.7. The van der Waals surface area contributed by atoms with Crippen LogP contribution in [0.5, 0.6) is 0 Å². The van der Waals surface area contributed by atoms with Crippen LogP contribution in [0.1, 0.15) is 10.5 Å². The number of nitrogens with one attached hydrogen (secondary N) is 3. The molecule has 0 saturated heterocycles. The Balaban J connectivity index is 2.45. The van der Waals surface area contributed by atoms with Gasteiger partial charge in [0.15, 0.2) is 0 Å². The van der Waals surface area contributed by atoms with E-state index in [2.05, 4.69) is 4.98 Å². The quantitative estimate of drug-likeness (QED) is 0.598. The average Bonchev–Trinajstić information content (AvgIpc) is 2.64. The molecule has 0 aliphatic rings. The molecule has 5 nitrogen and oxygen atoms in total. The highest BCUT2D eigenvalue weighted by atomic mass is 19.4. The molecule has 1 rings (SSSR count). The first-order valence-electron chi connectivity index (χ1n) is 3.72. The van der Waals surface area contributed by atoms with Gasteiger partial charge in [0.1, 0.15) is 5.69 Å². The van der Waals surface area contributed by atoms with Gasteiger partial charge in [-0.1, -0.05) is 0 Å². The number of aromatic nitrogens is 1. The molecule has 82 valence electrons.